The number of rotatable bonds is 1. The van der Waals surface area contributed by atoms with Crippen molar-refractivity contribution < 1.29 is 5.11 Å². The molecule has 2 heterocycles. The molecule has 1 atom stereocenters. The van der Waals surface area contributed by atoms with Crippen molar-refractivity contribution in [3.8, 4) is 0 Å². The first-order valence-electron chi connectivity index (χ1n) is 5.02. The van der Waals surface area contributed by atoms with Crippen LogP contribution in [0.3, 0.4) is 0 Å². The molecule has 0 bridgehead atoms. The molecule has 2 aliphatic rings. The molecule has 1 aromatic rings. The molecule has 1 fully saturated rings. The molecule has 15 heavy (non-hydrogen) atoms. The Balaban J connectivity index is 1.88. The number of nitrogens with one attached hydrogen (secondary N) is 2. The Morgan fingerprint density at radius 2 is 2.07 bits per heavy atom. The molecular weight excluding hydrogens is 190 g/mol. The van der Waals surface area contributed by atoms with Crippen molar-refractivity contribution in [1.29, 1.82) is 0 Å². The van der Waals surface area contributed by atoms with E-state index in [9.17, 15) is 5.11 Å². The molecule has 1 aromatic carbocycles. The van der Waals surface area contributed by atoms with Crippen molar-refractivity contribution in [3.63, 3.8) is 0 Å². The van der Waals surface area contributed by atoms with Gasteiger partial charge in [0, 0.05) is 24.0 Å². The number of benzene rings is 1. The number of β-amino-alcohol motifs (C(OH)–C–C–N with tert-alkyl or cyclic N) is 1. The van der Waals surface area contributed by atoms with Gasteiger partial charge >= 0.3 is 0 Å². The molecule has 1 unspecified atom stereocenters. The van der Waals surface area contributed by atoms with Crippen molar-refractivity contribution in [1.82, 2.24) is 10.9 Å². The van der Waals surface area contributed by atoms with Crippen LogP contribution in [0.15, 0.2) is 42.1 Å². The number of hydrazine groups is 1. The number of hydrogen-bond acceptors (Lipinski definition) is 4. The molecule has 0 saturated carbocycles. The predicted octanol–water partition coefficient (Wildman–Crippen LogP) is 0.187. The van der Waals surface area contributed by atoms with Crippen molar-refractivity contribution >= 4 is 5.69 Å². The highest BCUT2D eigenvalue weighted by molar-refractivity contribution is 5.52. The number of anilines is 1. The Hall–Kier alpha value is -1.52. The summed E-state index contributed by atoms with van der Waals surface area (Å²) in [6, 6.07) is 10.1. The lowest BCUT2D eigenvalue weighted by molar-refractivity contribution is 0.0659. The van der Waals surface area contributed by atoms with Crippen molar-refractivity contribution in [2.75, 3.05) is 18.0 Å². The summed E-state index contributed by atoms with van der Waals surface area (Å²) < 4.78 is 0. The van der Waals surface area contributed by atoms with Crippen LogP contribution in [0.5, 0.6) is 0 Å². The third kappa shape index (κ3) is 1.30. The van der Waals surface area contributed by atoms with Gasteiger partial charge in [0.1, 0.15) is 0 Å². The number of hydrogen-bond donors (Lipinski definition) is 3. The van der Waals surface area contributed by atoms with Crippen LogP contribution in [-0.2, 0) is 0 Å². The maximum Gasteiger partial charge on any atom is 0.175 e. The highest BCUT2D eigenvalue weighted by Crippen LogP contribution is 2.30. The van der Waals surface area contributed by atoms with Crippen molar-refractivity contribution in [2.24, 2.45) is 0 Å². The smallest absolute Gasteiger partial charge is 0.175 e. The summed E-state index contributed by atoms with van der Waals surface area (Å²) in [6.07, 6.45) is 1.84. The van der Waals surface area contributed by atoms with Crippen LogP contribution < -0.4 is 15.8 Å². The van der Waals surface area contributed by atoms with Gasteiger partial charge in [-0.25, -0.2) is 5.43 Å². The maximum absolute atomic E-state index is 10.2. The van der Waals surface area contributed by atoms with E-state index in [1.807, 2.05) is 24.4 Å². The molecule has 78 valence electrons. The Labute approximate surface area is 88.2 Å². The van der Waals surface area contributed by atoms with Gasteiger partial charge in [-0.05, 0) is 12.1 Å². The molecule has 0 spiro atoms. The molecule has 0 aromatic heterocycles. The monoisotopic (exact) mass is 203 g/mol. The van der Waals surface area contributed by atoms with E-state index < -0.39 is 5.72 Å². The van der Waals surface area contributed by atoms with Crippen LogP contribution >= 0.6 is 0 Å². The number of fused-ring (bicyclic) bond motifs is 1. The summed E-state index contributed by atoms with van der Waals surface area (Å²) in [6.45, 7) is 1.34. The van der Waals surface area contributed by atoms with E-state index in [1.165, 1.54) is 0 Å². The molecule has 3 N–H and O–H groups in total. The first kappa shape index (κ1) is 8.76. The van der Waals surface area contributed by atoms with Crippen molar-refractivity contribution in [3.05, 3.63) is 42.1 Å². The molecular formula is C11H13N3O. The van der Waals surface area contributed by atoms with E-state index >= 15 is 0 Å². The zero-order valence-corrected chi connectivity index (χ0v) is 8.27. The second-order valence-electron chi connectivity index (χ2n) is 3.99. The van der Waals surface area contributed by atoms with Crippen LogP contribution in [0, 0.1) is 0 Å². The molecule has 0 radical (unpaired) electrons. The standard InChI is InChI=1S/C11H13N3O/c15-11-8-14(7-9(11)6-12-13-11)10-4-2-1-3-5-10/h1-6,12-13,15H,7-8H2. The quantitative estimate of drug-likeness (QED) is 0.609. The lowest BCUT2D eigenvalue weighted by atomic mass is 10.1. The number of aliphatic hydroxyl groups is 1. The van der Waals surface area contributed by atoms with Crippen LogP contribution in [0.25, 0.3) is 0 Å². The van der Waals surface area contributed by atoms with Gasteiger partial charge in [0.15, 0.2) is 5.72 Å². The third-order valence-electron chi connectivity index (χ3n) is 2.96. The summed E-state index contributed by atoms with van der Waals surface area (Å²) in [5.74, 6) is 0. The topological polar surface area (TPSA) is 47.5 Å². The van der Waals surface area contributed by atoms with Gasteiger partial charge in [-0.2, -0.15) is 0 Å². The largest absolute Gasteiger partial charge is 0.369 e. The van der Waals surface area contributed by atoms with Gasteiger partial charge < -0.3 is 15.4 Å². The molecule has 0 aliphatic carbocycles. The minimum absolute atomic E-state index is 0.579. The lowest BCUT2D eigenvalue weighted by Gasteiger charge is -2.22. The Kier molecular flexibility index (Phi) is 1.74. The van der Waals surface area contributed by atoms with E-state index in [0.717, 1.165) is 17.8 Å². The first-order valence-corrected chi connectivity index (χ1v) is 5.02. The number of para-hydroxylation sites is 1. The summed E-state index contributed by atoms with van der Waals surface area (Å²) >= 11 is 0. The maximum atomic E-state index is 10.2. The van der Waals surface area contributed by atoms with E-state index in [-0.39, 0.29) is 0 Å². The molecule has 1 saturated heterocycles. The molecule has 4 heteroatoms. The van der Waals surface area contributed by atoms with Crippen LogP contribution in [0.1, 0.15) is 0 Å². The first-order chi connectivity index (χ1) is 7.28. The van der Waals surface area contributed by atoms with E-state index in [1.54, 1.807) is 0 Å². The van der Waals surface area contributed by atoms with Crippen LogP contribution in [0.4, 0.5) is 5.69 Å². The predicted molar refractivity (Wildman–Crippen MR) is 58.0 cm³/mol. The average Bonchev–Trinajstić information content (AvgIpc) is 2.74. The Morgan fingerprint density at radius 3 is 2.80 bits per heavy atom. The lowest BCUT2D eigenvalue weighted by Crippen LogP contribution is -2.49. The normalized spacial score (nSPS) is 28.6. The highest BCUT2D eigenvalue weighted by atomic mass is 16.3. The molecule has 3 rings (SSSR count). The fraction of sp³-hybridized carbons (Fsp3) is 0.273. The fourth-order valence-corrected chi connectivity index (χ4v) is 2.12. The van der Waals surface area contributed by atoms with E-state index in [4.69, 9.17) is 0 Å². The minimum Gasteiger partial charge on any atom is -0.369 e. The average molecular weight is 203 g/mol. The zero-order chi connectivity index (χ0) is 10.3. The summed E-state index contributed by atoms with van der Waals surface area (Å²) in [5, 5.41) is 10.2. The van der Waals surface area contributed by atoms with E-state index in [0.29, 0.717) is 6.54 Å². The zero-order valence-electron chi connectivity index (χ0n) is 8.27. The van der Waals surface area contributed by atoms with Gasteiger partial charge in [0.05, 0.1) is 6.54 Å². The Bertz CT molecular complexity index is 404. The fourth-order valence-electron chi connectivity index (χ4n) is 2.12. The SMILES string of the molecule is OC12CN(c3ccccc3)CC1=CNN2. The van der Waals surface area contributed by atoms with E-state index in [2.05, 4.69) is 27.9 Å². The number of nitrogens with zero attached hydrogens (tertiary/aromatic N) is 1. The minimum atomic E-state index is -0.893. The highest BCUT2D eigenvalue weighted by Gasteiger charge is 2.43. The van der Waals surface area contributed by atoms with Gasteiger partial charge in [0.2, 0.25) is 0 Å². The Morgan fingerprint density at radius 1 is 1.27 bits per heavy atom. The summed E-state index contributed by atoms with van der Waals surface area (Å²) in [5.41, 5.74) is 6.95. The van der Waals surface area contributed by atoms with Gasteiger partial charge in [0.25, 0.3) is 0 Å². The second-order valence-corrected chi connectivity index (χ2v) is 3.99. The van der Waals surface area contributed by atoms with Gasteiger partial charge in [-0.1, -0.05) is 18.2 Å². The third-order valence-corrected chi connectivity index (χ3v) is 2.96. The van der Waals surface area contributed by atoms with Crippen LogP contribution in [0.2, 0.25) is 0 Å². The summed E-state index contributed by atoms with van der Waals surface area (Å²) in [4.78, 5) is 2.15. The van der Waals surface area contributed by atoms with Crippen molar-refractivity contribution in [2.45, 2.75) is 5.72 Å². The molecule has 2 aliphatic heterocycles. The summed E-state index contributed by atoms with van der Waals surface area (Å²) in [7, 11) is 0. The second kappa shape index (κ2) is 2.98. The van der Waals surface area contributed by atoms with Gasteiger partial charge in [-0.3, -0.25) is 0 Å². The van der Waals surface area contributed by atoms with Crippen LogP contribution in [-0.4, -0.2) is 23.9 Å². The van der Waals surface area contributed by atoms with Gasteiger partial charge in [-0.15, -0.1) is 0 Å². The molecule has 4 nitrogen and oxygen atoms in total. The molecule has 0 amide bonds.